The molecule has 5 nitrogen and oxygen atoms in total. The number of hydrogen-bond acceptors (Lipinski definition) is 3. The smallest absolute Gasteiger partial charge is 0.261 e. The second-order valence-electron chi connectivity index (χ2n) is 11.0. The Labute approximate surface area is 233 Å². The van der Waals surface area contributed by atoms with Crippen LogP contribution in [0.15, 0.2) is 78.9 Å². The minimum Gasteiger partial charge on any atom is -0.483 e. The van der Waals surface area contributed by atoms with Crippen LogP contribution in [0.5, 0.6) is 5.75 Å². The van der Waals surface area contributed by atoms with Crippen molar-refractivity contribution in [3.05, 3.63) is 101 Å². The van der Waals surface area contributed by atoms with Crippen molar-refractivity contribution >= 4 is 11.8 Å². The third-order valence-corrected chi connectivity index (χ3v) is 7.72. The van der Waals surface area contributed by atoms with Gasteiger partial charge in [-0.15, -0.1) is 0 Å². The first-order chi connectivity index (χ1) is 18.9. The van der Waals surface area contributed by atoms with E-state index in [9.17, 15) is 9.59 Å². The number of carbonyl (C=O) groups excluding carboxylic acids is 2. The van der Waals surface area contributed by atoms with E-state index in [4.69, 9.17) is 4.74 Å². The standard InChI is InChI=1S/C34H42N2O3/c1-25(2)30-20-12-13-21-32(30)39-24-33(37)36(23-28-17-11-10-14-26(28)3)31(22-27-15-6-4-7-16-27)34(38)35-29-18-8-5-9-19-29/h4,6-7,10-17,20-21,25,29,31H,5,8-9,18-19,22-24H2,1-3H3,(H,35,38)/t31-/m0/s1. The van der Waals surface area contributed by atoms with Crippen molar-refractivity contribution in [1.29, 1.82) is 0 Å². The van der Waals surface area contributed by atoms with Gasteiger partial charge in [-0.25, -0.2) is 0 Å². The first kappa shape index (κ1) is 28.4. The van der Waals surface area contributed by atoms with Crippen LogP contribution in [0.3, 0.4) is 0 Å². The Kier molecular flexibility index (Phi) is 10.2. The second kappa shape index (κ2) is 14.0. The quantitative estimate of drug-likeness (QED) is 0.307. The predicted molar refractivity (Wildman–Crippen MR) is 157 cm³/mol. The number of carbonyl (C=O) groups is 2. The van der Waals surface area contributed by atoms with E-state index < -0.39 is 6.04 Å². The van der Waals surface area contributed by atoms with Crippen LogP contribution in [0, 0.1) is 6.92 Å². The zero-order valence-corrected chi connectivity index (χ0v) is 23.6. The third-order valence-electron chi connectivity index (χ3n) is 7.72. The normalized spacial score (nSPS) is 14.6. The van der Waals surface area contributed by atoms with Crippen LogP contribution in [-0.2, 0) is 22.6 Å². The molecule has 1 aliphatic carbocycles. The van der Waals surface area contributed by atoms with Gasteiger partial charge in [0.2, 0.25) is 5.91 Å². The molecule has 0 aliphatic heterocycles. The van der Waals surface area contributed by atoms with Gasteiger partial charge in [0, 0.05) is 19.0 Å². The summed E-state index contributed by atoms with van der Waals surface area (Å²) in [6.07, 6.45) is 5.90. The highest BCUT2D eigenvalue weighted by atomic mass is 16.5. The zero-order chi connectivity index (χ0) is 27.6. The van der Waals surface area contributed by atoms with Crippen LogP contribution < -0.4 is 10.1 Å². The zero-order valence-electron chi connectivity index (χ0n) is 23.6. The van der Waals surface area contributed by atoms with Crippen LogP contribution in [0.2, 0.25) is 0 Å². The Morgan fingerprint density at radius 1 is 0.897 bits per heavy atom. The molecule has 1 fully saturated rings. The summed E-state index contributed by atoms with van der Waals surface area (Å²) in [5.41, 5.74) is 4.20. The van der Waals surface area contributed by atoms with Gasteiger partial charge in [-0.3, -0.25) is 9.59 Å². The maximum Gasteiger partial charge on any atom is 0.261 e. The summed E-state index contributed by atoms with van der Waals surface area (Å²) >= 11 is 0. The van der Waals surface area contributed by atoms with Gasteiger partial charge in [0.05, 0.1) is 0 Å². The van der Waals surface area contributed by atoms with Crippen molar-refractivity contribution in [2.75, 3.05) is 6.61 Å². The molecule has 1 N–H and O–H groups in total. The Bertz CT molecular complexity index is 1220. The maximum absolute atomic E-state index is 14.0. The van der Waals surface area contributed by atoms with E-state index in [0.29, 0.717) is 18.7 Å². The number of benzene rings is 3. The van der Waals surface area contributed by atoms with Crippen LogP contribution in [0.4, 0.5) is 0 Å². The fourth-order valence-electron chi connectivity index (χ4n) is 5.38. The lowest BCUT2D eigenvalue weighted by Gasteiger charge is -2.34. The van der Waals surface area contributed by atoms with Gasteiger partial charge in [0.15, 0.2) is 6.61 Å². The molecule has 3 aromatic carbocycles. The highest BCUT2D eigenvalue weighted by Gasteiger charge is 2.32. The van der Waals surface area contributed by atoms with E-state index in [-0.39, 0.29) is 30.4 Å². The molecule has 206 valence electrons. The number of nitrogens with zero attached hydrogens (tertiary/aromatic N) is 1. The summed E-state index contributed by atoms with van der Waals surface area (Å²) in [6, 6.07) is 25.4. The Morgan fingerprint density at radius 2 is 1.56 bits per heavy atom. The van der Waals surface area contributed by atoms with Crippen molar-refractivity contribution in [3.8, 4) is 5.75 Å². The molecule has 0 unspecified atom stereocenters. The van der Waals surface area contributed by atoms with Crippen molar-refractivity contribution in [2.24, 2.45) is 0 Å². The van der Waals surface area contributed by atoms with E-state index in [2.05, 4.69) is 19.2 Å². The summed E-state index contributed by atoms with van der Waals surface area (Å²) in [5, 5.41) is 3.30. The Hall–Kier alpha value is -3.60. The molecular weight excluding hydrogens is 484 g/mol. The molecule has 5 heteroatoms. The maximum atomic E-state index is 14.0. The van der Waals surface area contributed by atoms with Gasteiger partial charge in [-0.1, -0.05) is 106 Å². The van der Waals surface area contributed by atoms with Crippen LogP contribution in [0.1, 0.15) is 74.1 Å². The predicted octanol–water partition coefficient (Wildman–Crippen LogP) is 6.59. The molecule has 0 radical (unpaired) electrons. The SMILES string of the molecule is Cc1ccccc1CN(C(=O)COc1ccccc1C(C)C)[C@@H](Cc1ccccc1)C(=O)NC1CCCCC1. The lowest BCUT2D eigenvalue weighted by molar-refractivity contribution is -0.143. The first-order valence-electron chi connectivity index (χ1n) is 14.3. The monoisotopic (exact) mass is 526 g/mol. The van der Waals surface area contributed by atoms with Crippen molar-refractivity contribution in [1.82, 2.24) is 10.2 Å². The number of aryl methyl sites for hydroxylation is 1. The third kappa shape index (κ3) is 7.95. The summed E-state index contributed by atoms with van der Waals surface area (Å²) < 4.78 is 6.12. The molecule has 2 amide bonds. The molecular formula is C34H42N2O3. The van der Waals surface area contributed by atoms with E-state index in [1.54, 1.807) is 4.90 Å². The van der Waals surface area contributed by atoms with Gasteiger partial charge in [0.25, 0.3) is 5.91 Å². The molecule has 0 aromatic heterocycles. The Balaban J connectivity index is 1.63. The number of ether oxygens (including phenoxy) is 1. The van der Waals surface area contributed by atoms with Crippen LogP contribution in [-0.4, -0.2) is 35.4 Å². The second-order valence-corrected chi connectivity index (χ2v) is 11.0. The van der Waals surface area contributed by atoms with E-state index >= 15 is 0 Å². The molecule has 39 heavy (non-hydrogen) atoms. The molecule has 0 spiro atoms. The van der Waals surface area contributed by atoms with Crippen molar-refractivity contribution in [3.63, 3.8) is 0 Å². The molecule has 4 rings (SSSR count). The first-order valence-corrected chi connectivity index (χ1v) is 14.3. The summed E-state index contributed by atoms with van der Waals surface area (Å²) in [7, 11) is 0. The fraction of sp³-hybridized carbons (Fsp3) is 0.412. The van der Waals surface area contributed by atoms with Gasteiger partial charge >= 0.3 is 0 Å². The van der Waals surface area contributed by atoms with Crippen molar-refractivity contribution in [2.45, 2.75) is 83.8 Å². The van der Waals surface area contributed by atoms with Gasteiger partial charge in [-0.2, -0.15) is 0 Å². The van der Waals surface area contributed by atoms with E-state index in [0.717, 1.165) is 47.9 Å². The molecule has 0 saturated heterocycles. The topological polar surface area (TPSA) is 58.6 Å². The minimum atomic E-state index is -0.648. The molecule has 1 atom stereocenters. The largest absolute Gasteiger partial charge is 0.483 e. The fourth-order valence-corrected chi connectivity index (χ4v) is 5.38. The van der Waals surface area contributed by atoms with Gasteiger partial charge in [0.1, 0.15) is 11.8 Å². The number of para-hydroxylation sites is 1. The Morgan fingerprint density at radius 3 is 2.28 bits per heavy atom. The van der Waals surface area contributed by atoms with E-state index in [1.807, 2.05) is 85.8 Å². The average molecular weight is 527 g/mol. The summed E-state index contributed by atoms with van der Waals surface area (Å²) in [4.78, 5) is 29.6. The number of nitrogens with one attached hydrogen (secondary N) is 1. The number of amides is 2. The number of hydrogen-bond donors (Lipinski definition) is 1. The number of rotatable bonds is 11. The lowest BCUT2D eigenvalue weighted by Crippen LogP contribution is -2.53. The van der Waals surface area contributed by atoms with E-state index in [1.165, 1.54) is 6.42 Å². The highest BCUT2D eigenvalue weighted by molar-refractivity contribution is 5.88. The van der Waals surface area contributed by atoms with Crippen molar-refractivity contribution < 1.29 is 14.3 Å². The molecule has 3 aromatic rings. The van der Waals surface area contributed by atoms with Crippen LogP contribution >= 0.6 is 0 Å². The van der Waals surface area contributed by atoms with Gasteiger partial charge < -0.3 is 15.0 Å². The molecule has 0 heterocycles. The summed E-state index contributed by atoms with van der Waals surface area (Å²) in [6.45, 7) is 6.48. The molecule has 1 saturated carbocycles. The summed E-state index contributed by atoms with van der Waals surface area (Å²) in [5.74, 6) is 0.696. The molecule has 1 aliphatic rings. The van der Waals surface area contributed by atoms with Gasteiger partial charge in [-0.05, 0) is 54.0 Å². The highest BCUT2D eigenvalue weighted by Crippen LogP contribution is 2.26. The lowest BCUT2D eigenvalue weighted by atomic mass is 9.94. The average Bonchev–Trinajstić information content (AvgIpc) is 2.95. The molecule has 0 bridgehead atoms. The minimum absolute atomic E-state index is 0.0877. The van der Waals surface area contributed by atoms with Crippen LogP contribution in [0.25, 0.3) is 0 Å².